The van der Waals surface area contributed by atoms with Gasteiger partial charge in [0.1, 0.15) is 12.3 Å². The van der Waals surface area contributed by atoms with E-state index in [2.05, 4.69) is 60.1 Å². The summed E-state index contributed by atoms with van der Waals surface area (Å²) >= 11 is 0. The van der Waals surface area contributed by atoms with Crippen LogP contribution in [-0.4, -0.2) is 48.6 Å². The van der Waals surface area contributed by atoms with Crippen LogP contribution >= 0.6 is 24.0 Å². The van der Waals surface area contributed by atoms with E-state index in [-0.39, 0.29) is 29.4 Å². The first-order chi connectivity index (χ1) is 12.9. The minimum absolute atomic E-state index is 0. The molecule has 28 heavy (non-hydrogen) atoms. The van der Waals surface area contributed by atoms with Crippen molar-refractivity contribution in [1.29, 1.82) is 0 Å². The highest BCUT2D eigenvalue weighted by molar-refractivity contribution is 14.0. The van der Waals surface area contributed by atoms with Crippen LogP contribution in [0.2, 0.25) is 0 Å². The van der Waals surface area contributed by atoms with Gasteiger partial charge < -0.3 is 20.0 Å². The van der Waals surface area contributed by atoms with Crippen molar-refractivity contribution < 1.29 is 4.42 Å². The summed E-state index contributed by atoms with van der Waals surface area (Å²) in [5, 5.41) is 6.72. The molecule has 0 amide bonds. The fraction of sp³-hybridized carbons (Fsp3) is 0.810. The van der Waals surface area contributed by atoms with Crippen LogP contribution in [0.15, 0.2) is 15.6 Å². The number of nitrogens with one attached hydrogen (secondary N) is 2. The molecule has 0 spiro atoms. The van der Waals surface area contributed by atoms with E-state index < -0.39 is 0 Å². The zero-order valence-electron chi connectivity index (χ0n) is 18.4. The Labute approximate surface area is 188 Å². The van der Waals surface area contributed by atoms with Crippen LogP contribution < -0.4 is 10.6 Å². The Kier molecular flexibility index (Phi) is 11.4. The number of piperidine rings is 1. The Morgan fingerprint density at radius 3 is 2.75 bits per heavy atom. The molecule has 1 aromatic rings. The third-order valence-corrected chi connectivity index (χ3v) is 4.94. The van der Waals surface area contributed by atoms with Gasteiger partial charge in [-0.05, 0) is 51.6 Å². The van der Waals surface area contributed by atoms with E-state index >= 15 is 0 Å². The van der Waals surface area contributed by atoms with Gasteiger partial charge in [-0.15, -0.1) is 24.0 Å². The summed E-state index contributed by atoms with van der Waals surface area (Å²) in [5.74, 6) is 3.26. The molecule has 0 radical (unpaired) electrons. The fourth-order valence-electron chi connectivity index (χ4n) is 3.38. The molecule has 7 heteroatoms. The quantitative estimate of drug-likeness (QED) is 0.241. The number of halogens is 1. The van der Waals surface area contributed by atoms with E-state index in [1.165, 1.54) is 38.9 Å². The third-order valence-electron chi connectivity index (χ3n) is 4.94. The van der Waals surface area contributed by atoms with Gasteiger partial charge in [0.15, 0.2) is 5.96 Å². The fourth-order valence-corrected chi connectivity index (χ4v) is 3.38. The predicted octanol–water partition coefficient (Wildman–Crippen LogP) is 4.16. The monoisotopic (exact) mass is 505 g/mol. The molecule has 0 bridgehead atoms. The zero-order chi connectivity index (χ0) is 19.7. The molecule has 0 aliphatic carbocycles. The van der Waals surface area contributed by atoms with Crippen LogP contribution in [0.5, 0.6) is 0 Å². The van der Waals surface area contributed by atoms with Gasteiger partial charge in [0.25, 0.3) is 0 Å². The number of hydrogen-bond donors (Lipinski definition) is 2. The zero-order valence-corrected chi connectivity index (χ0v) is 20.7. The number of hydrogen-bond acceptors (Lipinski definition) is 4. The van der Waals surface area contributed by atoms with Crippen molar-refractivity contribution in [2.24, 2.45) is 10.9 Å². The molecule has 0 aromatic carbocycles. The molecule has 1 saturated heterocycles. The first kappa shape index (κ1) is 25.2. The van der Waals surface area contributed by atoms with E-state index in [1.54, 1.807) is 0 Å². The van der Waals surface area contributed by atoms with Crippen molar-refractivity contribution in [2.75, 3.05) is 32.7 Å². The predicted molar refractivity (Wildman–Crippen MR) is 128 cm³/mol. The number of guanidine groups is 1. The topological polar surface area (TPSA) is 65.7 Å². The average molecular weight is 505 g/mol. The summed E-state index contributed by atoms with van der Waals surface area (Å²) in [6.45, 7) is 16.8. The van der Waals surface area contributed by atoms with E-state index in [0.29, 0.717) is 12.4 Å². The lowest BCUT2D eigenvalue weighted by Gasteiger charge is -2.30. The maximum atomic E-state index is 5.82. The summed E-state index contributed by atoms with van der Waals surface area (Å²) < 4.78 is 5.82. The van der Waals surface area contributed by atoms with Gasteiger partial charge in [-0.1, -0.05) is 27.7 Å². The summed E-state index contributed by atoms with van der Waals surface area (Å²) in [6.07, 6.45) is 6.94. The molecule has 1 aliphatic rings. The Bertz CT molecular complexity index is 582. The van der Waals surface area contributed by atoms with E-state index in [9.17, 15) is 0 Å². The summed E-state index contributed by atoms with van der Waals surface area (Å²) in [6, 6.07) is 0. The first-order valence-electron chi connectivity index (χ1n) is 10.6. The van der Waals surface area contributed by atoms with E-state index in [4.69, 9.17) is 4.42 Å². The van der Waals surface area contributed by atoms with Gasteiger partial charge in [-0.3, -0.25) is 0 Å². The first-order valence-corrected chi connectivity index (χ1v) is 10.6. The molecule has 1 aromatic heterocycles. The normalized spacial score (nSPS) is 18.6. The second-order valence-corrected chi connectivity index (χ2v) is 8.75. The summed E-state index contributed by atoms with van der Waals surface area (Å²) in [4.78, 5) is 11.6. The van der Waals surface area contributed by atoms with E-state index in [1.807, 2.05) is 6.20 Å². The second kappa shape index (κ2) is 12.7. The smallest absolute Gasteiger partial charge is 0.216 e. The lowest BCUT2D eigenvalue weighted by molar-refractivity contribution is 0.181. The number of unbranched alkanes of at least 4 members (excludes halogenated alkanes) is 1. The van der Waals surface area contributed by atoms with Gasteiger partial charge in [-0.25, -0.2) is 9.98 Å². The molecule has 2 heterocycles. The molecular formula is C21H40IN5O. The molecule has 6 nitrogen and oxygen atoms in total. The highest BCUT2D eigenvalue weighted by Gasteiger charge is 2.19. The Balaban J connectivity index is 0.00000392. The molecule has 2 N–H and O–H groups in total. The van der Waals surface area contributed by atoms with Crippen LogP contribution in [0, 0.1) is 5.92 Å². The standard InChI is InChI=1S/C21H39N5O.HI/c1-6-22-20(25-15-19-24-14-18(27-19)21(3,4)5)23-11-7-8-12-26-13-9-10-17(2)16-26;/h14,17H,6-13,15-16H2,1-5H3,(H2,22,23,25);1H. The molecule has 1 fully saturated rings. The van der Waals surface area contributed by atoms with Gasteiger partial charge in [-0.2, -0.15) is 0 Å². The van der Waals surface area contributed by atoms with Crippen molar-refractivity contribution in [3.05, 3.63) is 17.8 Å². The Morgan fingerprint density at radius 1 is 1.32 bits per heavy atom. The maximum Gasteiger partial charge on any atom is 0.216 e. The molecular weight excluding hydrogens is 465 g/mol. The Morgan fingerprint density at radius 2 is 2.11 bits per heavy atom. The van der Waals surface area contributed by atoms with Crippen molar-refractivity contribution in [1.82, 2.24) is 20.5 Å². The highest BCUT2D eigenvalue weighted by Crippen LogP contribution is 2.22. The molecule has 1 atom stereocenters. The molecule has 2 rings (SSSR count). The van der Waals surface area contributed by atoms with Crippen molar-refractivity contribution in [3.63, 3.8) is 0 Å². The van der Waals surface area contributed by atoms with Crippen LogP contribution in [0.4, 0.5) is 0 Å². The lowest BCUT2D eigenvalue weighted by atomic mass is 9.94. The third kappa shape index (κ3) is 9.11. The van der Waals surface area contributed by atoms with Crippen LogP contribution in [0.25, 0.3) is 0 Å². The molecule has 1 unspecified atom stereocenters. The largest absolute Gasteiger partial charge is 0.443 e. The van der Waals surface area contributed by atoms with Crippen LogP contribution in [0.3, 0.4) is 0 Å². The average Bonchev–Trinajstić information content (AvgIpc) is 3.09. The maximum absolute atomic E-state index is 5.82. The van der Waals surface area contributed by atoms with Crippen molar-refractivity contribution in [3.8, 4) is 0 Å². The number of aromatic nitrogens is 1. The molecule has 1 aliphatic heterocycles. The highest BCUT2D eigenvalue weighted by atomic mass is 127. The van der Waals surface area contributed by atoms with Crippen LogP contribution in [0.1, 0.15) is 72.0 Å². The molecule has 0 saturated carbocycles. The second-order valence-electron chi connectivity index (χ2n) is 8.75. The van der Waals surface area contributed by atoms with Crippen LogP contribution in [-0.2, 0) is 12.0 Å². The Hall–Kier alpha value is -0.830. The lowest BCUT2D eigenvalue weighted by Crippen LogP contribution is -2.38. The van der Waals surface area contributed by atoms with Gasteiger partial charge in [0, 0.05) is 25.0 Å². The van der Waals surface area contributed by atoms with Crippen molar-refractivity contribution >= 4 is 29.9 Å². The van der Waals surface area contributed by atoms with Crippen molar-refractivity contribution in [2.45, 2.75) is 72.3 Å². The van der Waals surface area contributed by atoms with Gasteiger partial charge in [0.2, 0.25) is 5.89 Å². The number of rotatable bonds is 8. The van der Waals surface area contributed by atoms with Gasteiger partial charge >= 0.3 is 0 Å². The number of oxazole rings is 1. The number of nitrogens with zero attached hydrogens (tertiary/aromatic N) is 3. The minimum Gasteiger partial charge on any atom is -0.443 e. The summed E-state index contributed by atoms with van der Waals surface area (Å²) in [5.41, 5.74) is -0.0239. The number of likely N-dealkylation sites (tertiary alicyclic amines) is 1. The van der Waals surface area contributed by atoms with E-state index in [0.717, 1.165) is 37.1 Å². The minimum atomic E-state index is -0.0239. The SMILES string of the molecule is CCNC(=NCc1ncc(C(C)(C)C)o1)NCCCCN1CCCC(C)C1.I. The molecule has 162 valence electrons. The number of aliphatic imine (C=N–C) groups is 1. The summed E-state index contributed by atoms with van der Waals surface area (Å²) in [7, 11) is 0. The van der Waals surface area contributed by atoms with Gasteiger partial charge in [0.05, 0.1) is 6.20 Å².